The molecule has 8 nitrogen and oxygen atoms in total. The van der Waals surface area contributed by atoms with E-state index in [0.717, 1.165) is 32.4 Å². The second-order valence-electron chi connectivity index (χ2n) is 5.51. The van der Waals surface area contributed by atoms with E-state index < -0.39 is 24.5 Å². The van der Waals surface area contributed by atoms with Crippen molar-refractivity contribution in [2.24, 2.45) is 0 Å². The topological polar surface area (TPSA) is 102 Å². The van der Waals surface area contributed by atoms with Crippen molar-refractivity contribution >= 4 is 23.7 Å². The normalized spacial score (nSPS) is 13.5. The average Bonchev–Trinajstić information content (AvgIpc) is 3.12. The second-order valence-corrected chi connectivity index (χ2v) is 5.51. The van der Waals surface area contributed by atoms with E-state index in [-0.39, 0.29) is 0 Å². The summed E-state index contributed by atoms with van der Waals surface area (Å²) in [4.78, 5) is 40.4. The van der Waals surface area contributed by atoms with Gasteiger partial charge in [0.05, 0.1) is 19.3 Å². The maximum Gasteiger partial charge on any atom is 0.347 e. The van der Waals surface area contributed by atoms with Crippen LogP contribution >= 0.6 is 0 Å². The predicted molar refractivity (Wildman–Crippen MR) is 86.6 cm³/mol. The molecule has 0 saturated carbocycles. The molecule has 8 heteroatoms. The Hall–Kier alpha value is -2.64. The minimum Gasteiger partial charge on any atom is -0.452 e. The lowest BCUT2D eigenvalue weighted by molar-refractivity contribution is -0.364. The lowest BCUT2D eigenvalue weighted by atomic mass is 10.2. The zero-order valence-corrected chi connectivity index (χ0v) is 13.8. The van der Waals surface area contributed by atoms with Crippen LogP contribution in [-0.2, 0) is 9.53 Å². The molecule has 0 atom stereocenters. The Balaban J connectivity index is 1.88. The van der Waals surface area contributed by atoms with Crippen LogP contribution < -0.4 is 20.5 Å². The first-order valence-electron chi connectivity index (χ1n) is 8.12. The number of carbonyl (C=O) groups is 3. The predicted octanol–water partition coefficient (Wildman–Crippen LogP) is 0.494. The summed E-state index contributed by atoms with van der Waals surface area (Å²) < 4.78 is 5.02. The Labute approximate surface area is 140 Å². The molecule has 0 aliphatic carbocycles. The number of hydrogen-bond acceptors (Lipinski definition) is 5. The van der Waals surface area contributed by atoms with Gasteiger partial charge in [-0.25, -0.2) is 14.6 Å². The molecule has 3 N–H and O–H groups in total. The van der Waals surface area contributed by atoms with E-state index in [1.165, 1.54) is 0 Å². The molecule has 2 heterocycles. The van der Waals surface area contributed by atoms with Crippen molar-refractivity contribution in [3.8, 4) is 0 Å². The van der Waals surface area contributed by atoms with Crippen molar-refractivity contribution < 1.29 is 24.1 Å². The molecule has 0 unspecified atom stereocenters. The van der Waals surface area contributed by atoms with Crippen LogP contribution in [0.3, 0.4) is 0 Å². The highest BCUT2D eigenvalue weighted by atomic mass is 16.5. The van der Waals surface area contributed by atoms with Crippen LogP contribution in [0.25, 0.3) is 0 Å². The molecule has 1 aromatic heterocycles. The summed E-state index contributed by atoms with van der Waals surface area (Å²) in [6.07, 6.45) is 4.66. The minimum absolute atomic E-state index is 0.377. The summed E-state index contributed by atoms with van der Waals surface area (Å²) in [6.45, 7) is 3.61. The molecule has 3 amide bonds. The van der Waals surface area contributed by atoms with Gasteiger partial charge in [-0.15, -0.1) is 0 Å². The Bertz CT molecular complexity index is 599. The number of H-pyrrole nitrogens is 1. The van der Waals surface area contributed by atoms with E-state index in [1.807, 2.05) is 6.92 Å². The monoisotopic (exact) mass is 335 g/mol. The highest BCUT2D eigenvalue weighted by Gasteiger charge is 2.27. The fourth-order valence-electron chi connectivity index (χ4n) is 2.45. The molecule has 1 aliphatic rings. The number of aromatic nitrogens is 1. The maximum absolute atomic E-state index is 12.2. The molecule has 0 spiro atoms. The van der Waals surface area contributed by atoms with Gasteiger partial charge in [-0.2, -0.15) is 0 Å². The number of nitrogens with one attached hydrogen (secondary N) is 3. The van der Waals surface area contributed by atoms with Gasteiger partial charge in [0.25, 0.3) is 11.7 Å². The first-order valence-corrected chi connectivity index (χ1v) is 8.12. The number of imide groups is 1. The van der Waals surface area contributed by atoms with Crippen LogP contribution in [-0.4, -0.2) is 44.1 Å². The van der Waals surface area contributed by atoms with Crippen molar-refractivity contribution in [1.29, 1.82) is 0 Å². The Morgan fingerprint density at radius 1 is 1.29 bits per heavy atom. The van der Waals surface area contributed by atoms with Gasteiger partial charge < -0.3 is 10.1 Å². The van der Waals surface area contributed by atoms with Gasteiger partial charge in [0.2, 0.25) is 0 Å². The van der Waals surface area contributed by atoms with E-state index >= 15 is 0 Å². The number of amides is 3. The molecule has 130 valence electrons. The first kappa shape index (κ1) is 17.7. The van der Waals surface area contributed by atoms with E-state index in [9.17, 15) is 14.4 Å². The third kappa shape index (κ3) is 4.94. The number of pyridine rings is 1. The van der Waals surface area contributed by atoms with Gasteiger partial charge in [-0.05, 0) is 31.4 Å². The van der Waals surface area contributed by atoms with Crippen LogP contribution in [0.4, 0.5) is 10.6 Å². The van der Waals surface area contributed by atoms with Crippen molar-refractivity contribution in [3.05, 3.63) is 23.9 Å². The summed E-state index contributed by atoms with van der Waals surface area (Å²) >= 11 is 0. The number of anilines is 1. The largest absolute Gasteiger partial charge is 0.452 e. The maximum atomic E-state index is 12.2. The third-order valence-electron chi connectivity index (χ3n) is 3.60. The number of carbonyl (C=O) groups excluding carboxylic acids is 3. The van der Waals surface area contributed by atoms with E-state index in [2.05, 4.69) is 20.5 Å². The standard InChI is InChI=1S/C16H22N4O4/c1-2-7-18-16(23)19-13(21)11-24-15(22)12-6-5-8-17-14(12)20-9-3-4-10-20/h5-6,8H,2-4,7,9-11H2,1H3,(H2,18,19,21,23)/p+1. The highest BCUT2D eigenvalue weighted by Crippen LogP contribution is 2.20. The van der Waals surface area contributed by atoms with Crippen LogP contribution in [0, 0.1) is 0 Å². The number of nitrogens with zero attached hydrogens (tertiary/aromatic N) is 1. The second kappa shape index (κ2) is 8.85. The molecule has 1 saturated heterocycles. The van der Waals surface area contributed by atoms with E-state index in [1.54, 1.807) is 18.3 Å². The van der Waals surface area contributed by atoms with Crippen molar-refractivity contribution in [3.63, 3.8) is 0 Å². The molecule has 0 bridgehead atoms. The molecule has 1 aromatic rings. The zero-order valence-electron chi connectivity index (χ0n) is 13.8. The summed E-state index contributed by atoms with van der Waals surface area (Å²) in [5.41, 5.74) is 0.377. The lowest BCUT2D eigenvalue weighted by Gasteiger charge is -2.12. The quantitative estimate of drug-likeness (QED) is 0.737. The number of urea groups is 1. The Kier molecular flexibility index (Phi) is 6.53. The summed E-state index contributed by atoms with van der Waals surface area (Å²) in [7, 11) is 0. The summed E-state index contributed by atoms with van der Waals surface area (Å²) in [5, 5.41) is 4.61. The molecular weight excluding hydrogens is 312 g/mol. The first-order chi connectivity index (χ1) is 11.6. The van der Waals surface area contributed by atoms with Gasteiger partial charge in [0, 0.05) is 6.54 Å². The fourth-order valence-corrected chi connectivity index (χ4v) is 2.45. The van der Waals surface area contributed by atoms with Gasteiger partial charge in [-0.1, -0.05) is 6.92 Å². The molecule has 1 fully saturated rings. The minimum atomic E-state index is -0.667. The van der Waals surface area contributed by atoms with Crippen LogP contribution in [0.1, 0.15) is 36.5 Å². The molecule has 1 aliphatic heterocycles. The molecule has 24 heavy (non-hydrogen) atoms. The van der Waals surface area contributed by atoms with E-state index in [0.29, 0.717) is 17.9 Å². The van der Waals surface area contributed by atoms with Gasteiger partial charge >= 0.3 is 12.0 Å². The lowest BCUT2D eigenvalue weighted by Crippen LogP contribution is -2.41. The number of hydrogen-bond donors (Lipinski definition) is 2. The average molecular weight is 335 g/mol. The molecular formula is C16H23N4O4+. The third-order valence-corrected chi connectivity index (χ3v) is 3.60. The van der Waals surface area contributed by atoms with Crippen molar-refractivity contribution in [2.75, 3.05) is 31.1 Å². The van der Waals surface area contributed by atoms with Crippen molar-refractivity contribution in [1.82, 2.24) is 10.6 Å². The van der Waals surface area contributed by atoms with Crippen molar-refractivity contribution in [2.45, 2.75) is 26.2 Å². The van der Waals surface area contributed by atoms with Crippen LogP contribution in [0.15, 0.2) is 18.3 Å². The number of aromatic amines is 1. The fraction of sp³-hybridized carbons (Fsp3) is 0.500. The number of ether oxygens (including phenoxy) is 1. The summed E-state index contributed by atoms with van der Waals surface area (Å²) in [5.74, 6) is -0.571. The molecule has 0 aromatic carbocycles. The van der Waals surface area contributed by atoms with Gasteiger partial charge in [-0.3, -0.25) is 15.0 Å². The zero-order chi connectivity index (χ0) is 17.4. The number of esters is 1. The molecule has 0 radical (unpaired) electrons. The highest BCUT2D eigenvalue weighted by molar-refractivity contribution is 5.98. The van der Waals surface area contributed by atoms with E-state index in [4.69, 9.17) is 4.74 Å². The molecule has 2 rings (SSSR count). The van der Waals surface area contributed by atoms with Crippen LogP contribution in [0.2, 0.25) is 0 Å². The Morgan fingerprint density at radius 2 is 2.04 bits per heavy atom. The smallest absolute Gasteiger partial charge is 0.347 e. The Morgan fingerprint density at radius 3 is 2.75 bits per heavy atom. The SMILES string of the molecule is CCCNC(=O)NC(=O)COC(=O)c1ccc[nH+]c1N1CCCC1. The number of rotatable bonds is 6. The van der Waals surface area contributed by atoms with Gasteiger partial charge in [0.1, 0.15) is 5.56 Å². The van der Waals surface area contributed by atoms with Gasteiger partial charge in [0.15, 0.2) is 6.61 Å². The van der Waals surface area contributed by atoms with Crippen LogP contribution in [0.5, 0.6) is 0 Å². The summed E-state index contributed by atoms with van der Waals surface area (Å²) in [6, 6.07) is 2.76.